The third-order valence-corrected chi connectivity index (χ3v) is 7.17. The average Bonchev–Trinajstić information content (AvgIpc) is 2.89. The van der Waals surface area contributed by atoms with E-state index in [1.807, 2.05) is 24.0 Å². The molecule has 0 bridgehead atoms. The first kappa shape index (κ1) is 19.0. The Morgan fingerprint density at radius 3 is 2.48 bits per heavy atom. The van der Waals surface area contributed by atoms with Gasteiger partial charge in [0.25, 0.3) is 5.91 Å². The zero-order valence-corrected chi connectivity index (χ0v) is 17.3. The van der Waals surface area contributed by atoms with E-state index < -0.39 is 6.10 Å². The number of ether oxygens (including phenoxy) is 1. The lowest BCUT2D eigenvalue weighted by molar-refractivity contribution is -0.0373. The first-order valence-electron chi connectivity index (χ1n) is 11.3. The SMILES string of the molecule is Cc1c(C(=O)N2CCCCCC2)oc2ccc3c(c12)C(O)CC1(CCCCC1)O3. The van der Waals surface area contributed by atoms with Crippen LogP contribution in [0.4, 0.5) is 0 Å². The summed E-state index contributed by atoms with van der Waals surface area (Å²) in [5, 5.41) is 12.0. The molecule has 1 aliphatic carbocycles. The number of rotatable bonds is 1. The molecule has 1 amide bonds. The molecular weight excluding hydrogens is 366 g/mol. The topological polar surface area (TPSA) is 62.9 Å². The van der Waals surface area contributed by atoms with E-state index >= 15 is 0 Å². The molecule has 1 unspecified atom stereocenters. The predicted molar refractivity (Wildman–Crippen MR) is 111 cm³/mol. The number of benzene rings is 1. The summed E-state index contributed by atoms with van der Waals surface area (Å²) in [5.41, 5.74) is 2.06. The molecule has 5 nitrogen and oxygen atoms in total. The molecule has 5 rings (SSSR count). The molecule has 1 atom stereocenters. The Bertz CT molecular complexity index is 917. The van der Waals surface area contributed by atoms with Crippen LogP contribution in [0.1, 0.15) is 92.0 Å². The fraction of sp³-hybridized carbons (Fsp3) is 0.625. The summed E-state index contributed by atoms with van der Waals surface area (Å²) in [4.78, 5) is 15.1. The van der Waals surface area contributed by atoms with Crippen molar-refractivity contribution in [2.24, 2.45) is 0 Å². The number of nitrogens with zero attached hydrogens (tertiary/aromatic N) is 1. The van der Waals surface area contributed by atoms with Gasteiger partial charge in [0.05, 0.1) is 6.10 Å². The van der Waals surface area contributed by atoms with Gasteiger partial charge in [0.15, 0.2) is 5.76 Å². The fourth-order valence-corrected chi connectivity index (χ4v) is 5.63. The average molecular weight is 398 g/mol. The Morgan fingerprint density at radius 1 is 1.07 bits per heavy atom. The lowest BCUT2D eigenvalue weighted by Crippen LogP contribution is -2.42. The highest BCUT2D eigenvalue weighted by atomic mass is 16.5. The lowest BCUT2D eigenvalue weighted by atomic mass is 9.77. The van der Waals surface area contributed by atoms with Crippen LogP contribution in [0.5, 0.6) is 5.75 Å². The van der Waals surface area contributed by atoms with E-state index in [1.165, 1.54) is 19.3 Å². The summed E-state index contributed by atoms with van der Waals surface area (Å²) >= 11 is 0. The third-order valence-electron chi connectivity index (χ3n) is 7.17. The molecule has 3 heterocycles. The van der Waals surface area contributed by atoms with Crippen LogP contribution in [0, 0.1) is 6.92 Å². The minimum atomic E-state index is -0.585. The van der Waals surface area contributed by atoms with Crippen LogP contribution in [0.2, 0.25) is 0 Å². The maximum absolute atomic E-state index is 13.2. The normalized spacial score (nSPS) is 24.2. The van der Waals surface area contributed by atoms with Gasteiger partial charge in [0.2, 0.25) is 0 Å². The monoisotopic (exact) mass is 397 g/mol. The van der Waals surface area contributed by atoms with E-state index in [0.29, 0.717) is 17.8 Å². The molecule has 1 saturated carbocycles. The van der Waals surface area contributed by atoms with Crippen LogP contribution in [0.15, 0.2) is 16.5 Å². The Labute approximate surface area is 172 Å². The van der Waals surface area contributed by atoms with Gasteiger partial charge in [-0.1, -0.05) is 19.3 Å². The van der Waals surface area contributed by atoms with E-state index in [1.54, 1.807) is 0 Å². The van der Waals surface area contributed by atoms with E-state index in [2.05, 4.69) is 0 Å². The zero-order valence-electron chi connectivity index (χ0n) is 17.3. The van der Waals surface area contributed by atoms with Gasteiger partial charge < -0.3 is 19.2 Å². The van der Waals surface area contributed by atoms with Crippen LogP contribution in [0.3, 0.4) is 0 Å². The zero-order chi connectivity index (χ0) is 20.0. The minimum Gasteiger partial charge on any atom is -0.487 e. The van der Waals surface area contributed by atoms with E-state index in [4.69, 9.17) is 9.15 Å². The molecule has 2 fully saturated rings. The second kappa shape index (κ2) is 7.35. The van der Waals surface area contributed by atoms with Crippen molar-refractivity contribution in [1.82, 2.24) is 4.90 Å². The molecule has 1 spiro atoms. The lowest BCUT2D eigenvalue weighted by Gasteiger charge is -2.43. The summed E-state index contributed by atoms with van der Waals surface area (Å²) in [6.45, 7) is 3.53. The summed E-state index contributed by atoms with van der Waals surface area (Å²) in [5.74, 6) is 1.15. The van der Waals surface area contributed by atoms with Gasteiger partial charge in [-0.25, -0.2) is 0 Å². The minimum absolute atomic E-state index is 0.0238. The Kier molecular flexibility index (Phi) is 4.81. The number of likely N-dealkylation sites (tertiary alicyclic amines) is 1. The van der Waals surface area contributed by atoms with Crippen LogP contribution >= 0.6 is 0 Å². The number of hydrogen-bond acceptors (Lipinski definition) is 4. The number of amides is 1. The first-order valence-corrected chi connectivity index (χ1v) is 11.3. The smallest absolute Gasteiger partial charge is 0.289 e. The summed E-state index contributed by atoms with van der Waals surface area (Å²) < 4.78 is 12.5. The van der Waals surface area contributed by atoms with Crippen LogP contribution in [0.25, 0.3) is 11.0 Å². The highest BCUT2D eigenvalue weighted by Crippen LogP contribution is 2.49. The van der Waals surface area contributed by atoms with Crippen molar-refractivity contribution in [1.29, 1.82) is 0 Å². The molecule has 3 aliphatic rings. The standard InChI is InChI=1S/C24H31NO4/c1-16-20-18(28-22(16)23(27)25-13-7-2-3-8-14-25)9-10-19-21(20)17(26)15-24(29-19)11-5-4-6-12-24/h9-10,17,26H,2-8,11-15H2,1H3. The molecule has 1 aromatic carbocycles. The third kappa shape index (κ3) is 3.24. The number of hydrogen-bond donors (Lipinski definition) is 1. The van der Waals surface area contributed by atoms with Crippen molar-refractivity contribution in [3.05, 3.63) is 29.0 Å². The molecule has 1 N–H and O–H groups in total. The Hall–Kier alpha value is -2.01. The number of aryl methyl sites for hydroxylation is 1. The number of aliphatic hydroxyl groups excluding tert-OH is 1. The van der Waals surface area contributed by atoms with Crippen molar-refractivity contribution in [2.45, 2.75) is 82.8 Å². The molecule has 156 valence electrons. The van der Waals surface area contributed by atoms with Gasteiger partial charge in [0, 0.05) is 36.0 Å². The Balaban J connectivity index is 1.53. The molecule has 2 aromatic rings. The maximum atomic E-state index is 13.2. The molecule has 0 radical (unpaired) electrons. The molecule has 5 heteroatoms. The van der Waals surface area contributed by atoms with Crippen LogP contribution < -0.4 is 4.74 Å². The van der Waals surface area contributed by atoms with E-state index in [9.17, 15) is 9.90 Å². The summed E-state index contributed by atoms with van der Waals surface area (Å²) in [6.07, 6.45) is 10.1. The molecular formula is C24H31NO4. The van der Waals surface area contributed by atoms with Gasteiger partial charge in [-0.3, -0.25) is 4.79 Å². The summed E-state index contributed by atoms with van der Waals surface area (Å²) in [7, 11) is 0. The summed E-state index contributed by atoms with van der Waals surface area (Å²) in [6, 6.07) is 3.81. The van der Waals surface area contributed by atoms with Crippen LogP contribution in [-0.4, -0.2) is 34.6 Å². The maximum Gasteiger partial charge on any atom is 0.289 e. The van der Waals surface area contributed by atoms with E-state index in [0.717, 1.165) is 73.9 Å². The predicted octanol–water partition coefficient (Wildman–Crippen LogP) is 5.28. The molecule has 29 heavy (non-hydrogen) atoms. The second-order valence-electron chi connectivity index (χ2n) is 9.18. The van der Waals surface area contributed by atoms with Crippen LogP contribution in [-0.2, 0) is 0 Å². The van der Waals surface area contributed by atoms with Crippen molar-refractivity contribution < 1.29 is 19.1 Å². The number of aliphatic hydroxyl groups is 1. The van der Waals surface area contributed by atoms with Gasteiger partial charge >= 0.3 is 0 Å². The molecule has 1 aromatic heterocycles. The molecule has 2 aliphatic heterocycles. The van der Waals surface area contributed by atoms with Gasteiger partial charge in [-0.15, -0.1) is 0 Å². The molecule has 1 saturated heterocycles. The largest absolute Gasteiger partial charge is 0.487 e. The van der Waals surface area contributed by atoms with Gasteiger partial charge in [0.1, 0.15) is 16.9 Å². The number of furan rings is 1. The fourth-order valence-electron chi connectivity index (χ4n) is 5.63. The van der Waals surface area contributed by atoms with Crippen molar-refractivity contribution in [3.63, 3.8) is 0 Å². The van der Waals surface area contributed by atoms with E-state index in [-0.39, 0.29) is 11.5 Å². The highest BCUT2D eigenvalue weighted by Gasteiger charge is 2.42. The quantitative estimate of drug-likeness (QED) is 0.711. The number of carbonyl (C=O) groups is 1. The number of carbonyl (C=O) groups excluding carboxylic acids is 1. The first-order chi connectivity index (χ1) is 14.1. The van der Waals surface area contributed by atoms with Gasteiger partial charge in [-0.2, -0.15) is 0 Å². The van der Waals surface area contributed by atoms with Crippen molar-refractivity contribution in [2.75, 3.05) is 13.1 Å². The highest BCUT2D eigenvalue weighted by molar-refractivity contribution is 6.00. The van der Waals surface area contributed by atoms with Crippen molar-refractivity contribution in [3.8, 4) is 5.75 Å². The second-order valence-corrected chi connectivity index (χ2v) is 9.18. The van der Waals surface area contributed by atoms with Crippen molar-refractivity contribution >= 4 is 16.9 Å². The Morgan fingerprint density at radius 2 is 1.76 bits per heavy atom. The van der Waals surface area contributed by atoms with Gasteiger partial charge in [-0.05, 0) is 57.6 Å². The number of fused-ring (bicyclic) bond motifs is 3.